The fourth-order valence-corrected chi connectivity index (χ4v) is 2.43. The summed E-state index contributed by atoms with van der Waals surface area (Å²) in [6, 6.07) is 0.319. The fraction of sp³-hybridized carbons (Fsp3) is 0.500. The van der Waals surface area contributed by atoms with Gasteiger partial charge in [0, 0.05) is 13.0 Å². The van der Waals surface area contributed by atoms with Gasteiger partial charge in [-0.25, -0.2) is 14.4 Å². The van der Waals surface area contributed by atoms with Crippen LogP contribution in [0.15, 0.2) is 12.4 Å². The molecule has 2 fully saturated rings. The predicted molar refractivity (Wildman–Crippen MR) is 54.3 cm³/mol. The van der Waals surface area contributed by atoms with Gasteiger partial charge >= 0.3 is 0 Å². The van der Waals surface area contributed by atoms with Gasteiger partial charge in [0.1, 0.15) is 0 Å². The first-order valence-corrected chi connectivity index (χ1v) is 5.27. The lowest BCUT2D eigenvalue weighted by atomic mass is 10.1. The molecular formula is C10H11FN4O. The van der Waals surface area contributed by atoms with Gasteiger partial charge in [-0.1, -0.05) is 0 Å². The van der Waals surface area contributed by atoms with Crippen LogP contribution < -0.4 is 10.2 Å². The second-order valence-electron chi connectivity index (χ2n) is 4.13. The van der Waals surface area contributed by atoms with Crippen LogP contribution in [0.5, 0.6) is 0 Å². The molecule has 0 radical (unpaired) electrons. The van der Waals surface area contributed by atoms with E-state index in [-0.39, 0.29) is 18.0 Å². The smallest absolute Gasteiger partial charge is 0.225 e. The van der Waals surface area contributed by atoms with Gasteiger partial charge in [-0.05, 0) is 6.42 Å². The lowest BCUT2D eigenvalue weighted by molar-refractivity contribution is -0.119. The van der Waals surface area contributed by atoms with Crippen molar-refractivity contribution in [2.75, 3.05) is 11.4 Å². The zero-order valence-corrected chi connectivity index (χ0v) is 8.56. The maximum absolute atomic E-state index is 12.7. The Labute approximate surface area is 91.7 Å². The van der Waals surface area contributed by atoms with E-state index in [0.29, 0.717) is 12.4 Å². The molecule has 0 bridgehead atoms. The molecule has 2 atom stereocenters. The highest BCUT2D eigenvalue weighted by Gasteiger charge is 2.42. The summed E-state index contributed by atoms with van der Waals surface area (Å²) in [7, 11) is 0. The Morgan fingerprint density at radius 1 is 1.44 bits per heavy atom. The van der Waals surface area contributed by atoms with Gasteiger partial charge in [-0.3, -0.25) is 4.79 Å². The number of carbonyl (C=O) groups is 1. The molecule has 1 aromatic heterocycles. The molecular weight excluding hydrogens is 211 g/mol. The second-order valence-corrected chi connectivity index (χ2v) is 4.13. The van der Waals surface area contributed by atoms with Crippen LogP contribution in [0.4, 0.5) is 10.3 Å². The van der Waals surface area contributed by atoms with E-state index in [1.807, 2.05) is 4.90 Å². The first-order valence-electron chi connectivity index (χ1n) is 5.27. The van der Waals surface area contributed by atoms with E-state index in [9.17, 15) is 9.18 Å². The van der Waals surface area contributed by atoms with Gasteiger partial charge in [0.15, 0.2) is 5.82 Å². The van der Waals surface area contributed by atoms with Crippen LogP contribution in [0.2, 0.25) is 0 Å². The van der Waals surface area contributed by atoms with Crippen LogP contribution in [0.25, 0.3) is 0 Å². The van der Waals surface area contributed by atoms with Crippen molar-refractivity contribution >= 4 is 11.9 Å². The lowest BCUT2D eigenvalue weighted by Crippen LogP contribution is -2.35. The number of nitrogens with zero attached hydrogens (tertiary/aromatic N) is 3. The standard InChI is InChI=1S/C10H11FN4O/c11-6-4-12-10(13-5-6)15-2-1-7-8(15)3-9(16)14-7/h4-5,7-8H,1-3H2,(H,14,16)/t7-,8+/m1/s1. The molecule has 0 aromatic carbocycles. The number of aromatic nitrogens is 2. The molecule has 2 aliphatic rings. The molecule has 6 heteroatoms. The number of hydrogen-bond donors (Lipinski definition) is 1. The summed E-state index contributed by atoms with van der Waals surface area (Å²) in [6.45, 7) is 0.807. The summed E-state index contributed by atoms with van der Waals surface area (Å²) >= 11 is 0. The quantitative estimate of drug-likeness (QED) is 0.731. The number of fused-ring (bicyclic) bond motifs is 1. The first kappa shape index (κ1) is 9.50. The number of rotatable bonds is 1. The molecule has 3 rings (SSSR count). The van der Waals surface area contributed by atoms with Crippen molar-refractivity contribution in [1.82, 2.24) is 15.3 Å². The van der Waals surface area contributed by atoms with Gasteiger partial charge in [0.25, 0.3) is 0 Å². The van der Waals surface area contributed by atoms with E-state index in [4.69, 9.17) is 0 Å². The predicted octanol–water partition coefficient (Wildman–Crippen LogP) is 0.0829. The monoisotopic (exact) mass is 222 g/mol. The third-order valence-electron chi connectivity index (χ3n) is 3.15. The highest BCUT2D eigenvalue weighted by molar-refractivity contribution is 5.81. The maximum Gasteiger partial charge on any atom is 0.225 e. The van der Waals surface area contributed by atoms with E-state index in [2.05, 4.69) is 15.3 Å². The van der Waals surface area contributed by atoms with Crippen molar-refractivity contribution < 1.29 is 9.18 Å². The molecule has 1 N–H and O–H groups in total. The molecule has 0 spiro atoms. The Kier molecular flexibility index (Phi) is 2.02. The zero-order valence-electron chi connectivity index (χ0n) is 8.56. The summed E-state index contributed by atoms with van der Waals surface area (Å²) in [5.41, 5.74) is 0. The van der Waals surface area contributed by atoms with Crippen molar-refractivity contribution in [2.45, 2.75) is 24.9 Å². The van der Waals surface area contributed by atoms with Crippen LogP contribution in [0.1, 0.15) is 12.8 Å². The Morgan fingerprint density at radius 2 is 2.19 bits per heavy atom. The molecule has 2 aliphatic heterocycles. The molecule has 0 aliphatic carbocycles. The zero-order chi connectivity index (χ0) is 11.1. The summed E-state index contributed by atoms with van der Waals surface area (Å²) in [5.74, 6) is 0.132. The molecule has 3 heterocycles. The van der Waals surface area contributed by atoms with Crippen LogP contribution in [0, 0.1) is 5.82 Å². The van der Waals surface area contributed by atoms with Crippen LogP contribution in [-0.4, -0.2) is 34.5 Å². The van der Waals surface area contributed by atoms with E-state index >= 15 is 0 Å². The maximum atomic E-state index is 12.7. The largest absolute Gasteiger partial charge is 0.351 e. The van der Waals surface area contributed by atoms with Crippen molar-refractivity contribution in [3.05, 3.63) is 18.2 Å². The van der Waals surface area contributed by atoms with Crippen molar-refractivity contribution in [2.24, 2.45) is 0 Å². The number of halogens is 1. The molecule has 16 heavy (non-hydrogen) atoms. The summed E-state index contributed by atoms with van der Waals surface area (Å²) in [5, 5.41) is 2.92. The van der Waals surface area contributed by atoms with Gasteiger partial charge in [-0.2, -0.15) is 0 Å². The van der Waals surface area contributed by atoms with E-state index in [1.165, 1.54) is 0 Å². The van der Waals surface area contributed by atoms with E-state index in [0.717, 1.165) is 25.4 Å². The molecule has 1 aromatic rings. The molecule has 2 saturated heterocycles. The molecule has 0 unspecified atom stereocenters. The van der Waals surface area contributed by atoms with Crippen molar-refractivity contribution in [1.29, 1.82) is 0 Å². The number of amides is 1. The lowest BCUT2D eigenvalue weighted by Gasteiger charge is -2.21. The third kappa shape index (κ3) is 1.41. The molecule has 1 amide bonds. The van der Waals surface area contributed by atoms with Gasteiger partial charge in [0.2, 0.25) is 11.9 Å². The minimum atomic E-state index is -0.444. The van der Waals surface area contributed by atoms with Gasteiger partial charge in [-0.15, -0.1) is 0 Å². The minimum Gasteiger partial charge on any atom is -0.351 e. The molecule has 84 valence electrons. The van der Waals surface area contributed by atoms with Crippen LogP contribution in [0.3, 0.4) is 0 Å². The minimum absolute atomic E-state index is 0.0711. The summed E-state index contributed by atoms with van der Waals surface area (Å²) in [6.07, 6.45) is 3.68. The Morgan fingerprint density at radius 3 is 2.94 bits per heavy atom. The fourth-order valence-electron chi connectivity index (χ4n) is 2.43. The first-order chi connectivity index (χ1) is 7.74. The Bertz CT molecular complexity index is 421. The van der Waals surface area contributed by atoms with Crippen molar-refractivity contribution in [3.8, 4) is 0 Å². The highest BCUT2D eigenvalue weighted by atomic mass is 19.1. The second kappa shape index (κ2) is 3.40. The molecule has 5 nitrogen and oxygen atoms in total. The highest BCUT2D eigenvalue weighted by Crippen LogP contribution is 2.28. The van der Waals surface area contributed by atoms with E-state index in [1.54, 1.807) is 0 Å². The SMILES string of the molecule is O=C1C[C@H]2[C@@H](CCN2c2ncc(F)cn2)N1. The average Bonchev–Trinajstić information content (AvgIpc) is 2.78. The summed E-state index contributed by atoms with van der Waals surface area (Å²) < 4.78 is 12.7. The normalized spacial score (nSPS) is 28.1. The van der Waals surface area contributed by atoms with Crippen LogP contribution >= 0.6 is 0 Å². The Balaban J connectivity index is 1.85. The number of carbonyl (C=O) groups excluding carboxylic acids is 1. The van der Waals surface area contributed by atoms with Crippen molar-refractivity contribution in [3.63, 3.8) is 0 Å². The third-order valence-corrected chi connectivity index (χ3v) is 3.15. The average molecular weight is 222 g/mol. The summed E-state index contributed by atoms with van der Waals surface area (Å²) in [4.78, 5) is 21.1. The molecule has 0 saturated carbocycles. The topological polar surface area (TPSA) is 58.1 Å². The van der Waals surface area contributed by atoms with Gasteiger partial charge < -0.3 is 10.2 Å². The Hall–Kier alpha value is -1.72. The number of hydrogen-bond acceptors (Lipinski definition) is 4. The van der Waals surface area contributed by atoms with Gasteiger partial charge in [0.05, 0.1) is 24.5 Å². The van der Waals surface area contributed by atoms with E-state index < -0.39 is 5.82 Å². The number of nitrogens with one attached hydrogen (secondary N) is 1. The number of anilines is 1. The van der Waals surface area contributed by atoms with Crippen LogP contribution in [-0.2, 0) is 4.79 Å².